The topological polar surface area (TPSA) is 275 Å². The minimum atomic E-state index is -4.21. The van der Waals surface area contributed by atoms with Crippen LogP contribution in [0.1, 0.15) is 25.3 Å². The number of aliphatic hydroxyl groups excluding tert-OH is 2. The Bertz CT molecular complexity index is 1850. The van der Waals surface area contributed by atoms with Crippen LogP contribution in [-0.4, -0.2) is 125 Å². The number of nitrogens with two attached hydrogens (primary N) is 2. The predicted molar refractivity (Wildman–Crippen MR) is 159 cm³/mol. The van der Waals surface area contributed by atoms with Crippen molar-refractivity contribution in [1.29, 1.82) is 0 Å². The number of ether oxygens (including phenoxy) is 4. The zero-order valence-corrected chi connectivity index (χ0v) is 26.0. The highest BCUT2D eigenvalue weighted by atomic mass is 31.2. The number of nitrogens with one attached hydrogen (secondary N) is 1. The number of aliphatic hydroxyl groups is 2. The molecule has 254 valence electrons. The summed E-state index contributed by atoms with van der Waals surface area (Å²) in [6.07, 6.45) is -1.56. The molecule has 3 aliphatic rings. The molecular weight excluding hydrogens is 645 g/mol. The van der Waals surface area contributed by atoms with Gasteiger partial charge in [-0.25, -0.2) is 29.2 Å². The van der Waals surface area contributed by atoms with Crippen LogP contribution in [0.2, 0.25) is 0 Å². The van der Waals surface area contributed by atoms with Crippen molar-refractivity contribution in [2.45, 2.75) is 56.0 Å². The molecule has 0 aromatic carbocycles. The largest absolute Gasteiger partial charge is 0.408 e. The molecule has 0 amide bonds. The smallest absolute Gasteiger partial charge is 0.394 e. The molecule has 7 heterocycles. The van der Waals surface area contributed by atoms with Gasteiger partial charge in [0.2, 0.25) is 5.95 Å². The summed E-state index contributed by atoms with van der Waals surface area (Å²) in [6.45, 7) is -0.0186. The van der Waals surface area contributed by atoms with Gasteiger partial charge in [0.1, 0.15) is 42.6 Å². The van der Waals surface area contributed by atoms with Crippen LogP contribution in [0.25, 0.3) is 22.3 Å². The summed E-state index contributed by atoms with van der Waals surface area (Å²) in [5.41, 5.74) is 12.2. The summed E-state index contributed by atoms with van der Waals surface area (Å²) in [5.74, 6) is 0.0972. The maximum atomic E-state index is 14.6. The molecule has 7 unspecified atom stereocenters. The van der Waals surface area contributed by atoms with Crippen LogP contribution >= 0.6 is 7.75 Å². The minimum absolute atomic E-state index is 0.0276. The molecule has 0 spiro atoms. The van der Waals surface area contributed by atoms with Crippen LogP contribution in [0, 0.1) is 0 Å². The molecule has 3 aliphatic heterocycles. The molecule has 4 aromatic heterocycles. The van der Waals surface area contributed by atoms with Gasteiger partial charge in [0.05, 0.1) is 51.7 Å². The molecule has 0 bridgehead atoms. The maximum Gasteiger partial charge on any atom is 0.408 e. The second kappa shape index (κ2) is 12.8. The van der Waals surface area contributed by atoms with Gasteiger partial charge in [-0.15, -0.1) is 0 Å². The summed E-state index contributed by atoms with van der Waals surface area (Å²) in [7, 11) is -2.68. The Morgan fingerprint density at radius 1 is 1.04 bits per heavy atom. The summed E-state index contributed by atoms with van der Waals surface area (Å²) in [4.78, 5) is 35.3. The van der Waals surface area contributed by atoms with E-state index in [1.54, 1.807) is 4.57 Å². The first-order valence-corrected chi connectivity index (χ1v) is 16.3. The fourth-order valence-electron chi connectivity index (χ4n) is 5.79. The Labute approximate surface area is 265 Å². The number of nitrogen functional groups attached to an aromatic ring is 2. The summed E-state index contributed by atoms with van der Waals surface area (Å²) < 4.78 is 54.4. The van der Waals surface area contributed by atoms with Gasteiger partial charge in [-0.3, -0.25) is 28.0 Å². The van der Waals surface area contributed by atoms with Gasteiger partial charge in [-0.2, -0.15) is 4.98 Å². The Kier molecular flexibility index (Phi) is 8.68. The number of hydrogen-bond acceptors (Lipinski definition) is 17. The van der Waals surface area contributed by atoms with Crippen molar-refractivity contribution < 1.29 is 42.8 Å². The van der Waals surface area contributed by atoms with Gasteiger partial charge in [0, 0.05) is 12.8 Å². The second-order valence-electron chi connectivity index (χ2n) is 11.3. The molecule has 3 fully saturated rings. The number of fused-ring (bicyclic) bond motifs is 2. The molecule has 7 atom stereocenters. The predicted octanol–water partition coefficient (Wildman–Crippen LogP) is -1.13. The van der Waals surface area contributed by atoms with Crippen molar-refractivity contribution in [3.05, 3.63) is 29.3 Å². The molecule has 7 rings (SSSR count). The van der Waals surface area contributed by atoms with E-state index < -0.39 is 63.1 Å². The molecule has 21 nitrogen and oxygen atoms in total. The molecule has 47 heavy (non-hydrogen) atoms. The third-order valence-corrected chi connectivity index (χ3v) is 10.2. The van der Waals surface area contributed by atoms with Crippen molar-refractivity contribution in [3.63, 3.8) is 0 Å². The first-order valence-electron chi connectivity index (χ1n) is 14.8. The highest BCUT2D eigenvalue weighted by molar-refractivity contribution is 7.51. The number of imidazole rings is 2. The van der Waals surface area contributed by atoms with Crippen molar-refractivity contribution in [2.75, 3.05) is 51.5 Å². The van der Waals surface area contributed by atoms with Gasteiger partial charge >= 0.3 is 7.75 Å². The van der Waals surface area contributed by atoms with Gasteiger partial charge in [0.25, 0.3) is 5.56 Å². The molecule has 0 radical (unpaired) electrons. The number of rotatable bonds is 11. The number of H-pyrrole nitrogens is 1. The zero-order chi connectivity index (χ0) is 32.9. The third kappa shape index (κ3) is 6.10. The number of aromatic nitrogens is 8. The fraction of sp³-hybridized carbons (Fsp3) is 0.600. The Morgan fingerprint density at radius 3 is 2.51 bits per heavy atom. The molecule has 0 saturated carbocycles. The van der Waals surface area contributed by atoms with Crippen LogP contribution < -0.4 is 17.0 Å². The van der Waals surface area contributed by atoms with Crippen molar-refractivity contribution in [1.82, 2.24) is 43.7 Å². The van der Waals surface area contributed by atoms with Crippen LogP contribution in [0.4, 0.5) is 11.8 Å². The van der Waals surface area contributed by atoms with Crippen molar-refractivity contribution >= 4 is 41.8 Å². The number of nitrogens with zero attached hydrogens (tertiary/aromatic N) is 8. The molecule has 22 heteroatoms. The summed E-state index contributed by atoms with van der Waals surface area (Å²) in [5, 5.41) is 21.1. The standard InChI is InChI=1S/C25H34N11O10P/c1-34(6-18-41-2-3-42-18)47(40,46-13-5-17(44-14(13)7-37)35-10-30-19-21(26)28-9-29-22(19)35)43-8-15-12(38)4-16(45-15)36-11-31-20-23(36)32-25(27)33-24(20)39/h9-18,37-38H,2-8H2,1H3,(H2,26,28,29)(H3,27,32,33,39). The lowest BCUT2D eigenvalue weighted by atomic mass is 10.2. The van der Waals surface area contributed by atoms with Crippen LogP contribution in [0.5, 0.6) is 0 Å². The van der Waals surface area contributed by atoms with E-state index in [0.717, 1.165) is 0 Å². The Hall–Kier alpha value is -3.63. The minimum Gasteiger partial charge on any atom is -0.394 e. The normalized spacial score (nSPS) is 28.3. The third-order valence-electron chi connectivity index (χ3n) is 8.22. The van der Waals surface area contributed by atoms with Gasteiger partial charge in [-0.1, -0.05) is 0 Å². The lowest BCUT2D eigenvalue weighted by Crippen LogP contribution is -2.35. The highest BCUT2D eigenvalue weighted by Gasteiger charge is 2.46. The SMILES string of the molecule is CN(CC1OCCO1)P(=O)(OCC1OC(n2cnc3c(=O)[nH]c(N)nc32)CC1O)OC1CC(n2cnc3c(N)ncnc32)OC1CO. The number of likely N-dealkylation sites (N-methyl/N-ethyl adjacent to an activating group) is 1. The first kappa shape index (κ1) is 31.9. The molecule has 3 saturated heterocycles. The molecule has 4 aromatic rings. The Balaban J connectivity index is 1.09. The quantitative estimate of drug-likeness (QED) is 0.117. The monoisotopic (exact) mass is 679 g/mol. The lowest BCUT2D eigenvalue weighted by molar-refractivity contribution is -0.0647. The van der Waals surface area contributed by atoms with E-state index in [1.807, 2.05) is 0 Å². The fourth-order valence-corrected chi connectivity index (χ4v) is 7.44. The van der Waals surface area contributed by atoms with E-state index in [0.29, 0.717) is 24.4 Å². The summed E-state index contributed by atoms with van der Waals surface area (Å²) in [6, 6.07) is 0. The number of anilines is 2. The van der Waals surface area contributed by atoms with Crippen molar-refractivity contribution in [2.24, 2.45) is 0 Å². The van der Waals surface area contributed by atoms with E-state index in [4.69, 9.17) is 39.5 Å². The molecule has 7 N–H and O–H groups in total. The zero-order valence-electron chi connectivity index (χ0n) is 25.1. The van der Waals surface area contributed by atoms with Gasteiger partial charge < -0.3 is 40.6 Å². The lowest BCUT2D eigenvalue weighted by Gasteiger charge is -2.32. The van der Waals surface area contributed by atoms with E-state index in [-0.39, 0.29) is 48.9 Å². The van der Waals surface area contributed by atoms with Crippen molar-refractivity contribution in [3.8, 4) is 0 Å². The van der Waals surface area contributed by atoms with Gasteiger partial charge in [0.15, 0.2) is 28.9 Å². The van der Waals surface area contributed by atoms with Crippen LogP contribution in [0.3, 0.4) is 0 Å². The van der Waals surface area contributed by atoms with E-state index >= 15 is 0 Å². The number of hydrogen-bond donors (Lipinski definition) is 5. The van der Waals surface area contributed by atoms with E-state index in [2.05, 4.69) is 29.9 Å². The molecular formula is C25H34N11O10P. The van der Waals surface area contributed by atoms with Gasteiger partial charge in [-0.05, 0) is 7.05 Å². The average molecular weight is 680 g/mol. The summed E-state index contributed by atoms with van der Waals surface area (Å²) >= 11 is 0. The van der Waals surface area contributed by atoms with Crippen LogP contribution in [0.15, 0.2) is 23.8 Å². The number of aromatic amines is 1. The second-order valence-corrected chi connectivity index (χ2v) is 13.3. The average Bonchev–Trinajstić information content (AvgIpc) is 3.87. The molecule has 0 aliphatic carbocycles. The highest BCUT2D eigenvalue weighted by Crippen LogP contribution is 2.55. The maximum absolute atomic E-state index is 14.6. The van der Waals surface area contributed by atoms with E-state index in [1.165, 1.54) is 35.3 Å². The first-order chi connectivity index (χ1) is 22.6. The Morgan fingerprint density at radius 2 is 1.74 bits per heavy atom. The van der Waals surface area contributed by atoms with E-state index in [9.17, 15) is 19.6 Å². The van der Waals surface area contributed by atoms with Crippen LogP contribution in [-0.2, 0) is 32.6 Å².